The lowest BCUT2D eigenvalue weighted by Gasteiger charge is -2.13. The van der Waals surface area contributed by atoms with E-state index in [9.17, 15) is 23.3 Å². The largest absolute Gasteiger partial charge is 0.408 e. The number of anilines is 1. The van der Waals surface area contributed by atoms with Crippen molar-refractivity contribution >= 4 is 11.4 Å². The van der Waals surface area contributed by atoms with Crippen LogP contribution in [0.3, 0.4) is 0 Å². The van der Waals surface area contributed by atoms with Gasteiger partial charge in [-0.15, -0.1) is 0 Å². The summed E-state index contributed by atoms with van der Waals surface area (Å²) in [6.07, 6.45) is -1.82. The molecule has 118 valence electrons. The third kappa shape index (κ3) is 4.21. The molecular formula is C13H13F3N4O2. The van der Waals surface area contributed by atoms with Crippen molar-refractivity contribution in [3.63, 3.8) is 0 Å². The van der Waals surface area contributed by atoms with Gasteiger partial charge in [0.1, 0.15) is 6.54 Å². The number of benzene rings is 1. The molecule has 1 N–H and O–H groups in total. The third-order valence-electron chi connectivity index (χ3n) is 2.94. The van der Waals surface area contributed by atoms with Crippen molar-refractivity contribution in [1.29, 1.82) is 0 Å². The number of rotatable bonds is 5. The summed E-state index contributed by atoms with van der Waals surface area (Å²) in [4.78, 5) is 10.2. The zero-order valence-electron chi connectivity index (χ0n) is 11.5. The molecule has 0 fully saturated rings. The molecule has 0 radical (unpaired) electrons. The van der Waals surface area contributed by atoms with Gasteiger partial charge < -0.3 is 5.32 Å². The maximum Gasteiger partial charge on any atom is 0.408 e. The highest BCUT2D eigenvalue weighted by Crippen LogP contribution is 2.23. The van der Waals surface area contributed by atoms with Gasteiger partial charge in [-0.1, -0.05) is 12.1 Å². The minimum absolute atomic E-state index is 0.0427. The van der Waals surface area contributed by atoms with Gasteiger partial charge in [-0.3, -0.25) is 14.8 Å². The zero-order chi connectivity index (χ0) is 16.3. The van der Waals surface area contributed by atoms with E-state index in [0.717, 1.165) is 4.68 Å². The Morgan fingerprint density at radius 1 is 1.45 bits per heavy atom. The lowest BCUT2D eigenvalue weighted by molar-refractivity contribution is -0.384. The first-order valence-electron chi connectivity index (χ1n) is 6.35. The second-order valence-corrected chi connectivity index (χ2v) is 4.76. The van der Waals surface area contributed by atoms with Crippen molar-refractivity contribution in [3.05, 3.63) is 52.3 Å². The van der Waals surface area contributed by atoms with Gasteiger partial charge in [0.25, 0.3) is 5.69 Å². The molecule has 9 heteroatoms. The summed E-state index contributed by atoms with van der Waals surface area (Å²) in [6.45, 7) is 0.583. The third-order valence-corrected chi connectivity index (χ3v) is 2.94. The summed E-state index contributed by atoms with van der Waals surface area (Å²) in [5.41, 5.74) is 1.01. The van der Waals surface area contributed by atoms with E-state index in [1.165, 1.54) is 24.5 Å². The van der Waals surface area contributed by atoms with Crippen LogP contribution in [0.2, 0.25) is 0 Å². The molecule has 1 aromatic carbocycles. The van der Waals surface area contributed by atoms with Crippen molar-refractivity contribution in [2.75, 3.05) is 5.32 Å². The second kappa shape index (κ2) is 6.04. The van der Waals surface area contributed by atoms with E-state index >= 15 is 0 Å². The molecule has 1 aromatic heterocycles. The highest BCUT2D eigenvalue weighted by atomic mass is 19.4. The SMILES string of the molecule is CC(Nc1cnn(CC(F)(F)F)c1)c1cccc([N+](=O)[O-])c1. The summed E-state index contributed by atoms with van der Waals surface area (Å²) in [7, 11) is 0. The van der Waals surface area contributed by atoms with Gasteiger partial charge in [0.2, 0.25) is 0 Å². The van der Waals surface area contributed by atoms with Crippen molar-refractivity contribution < 1.29 is 18.1 Å². The molecule has 1 heterocycles. The smallest absolute Gasteiger partial charge is 0.376 e. The van der Waals surface area contributed by atoms with Crippen LogP contribution in [0.5, 0.6) is 0 Å². The maximum absolute atomic E-state index is 12.3. The minimum atomic E-state index is -4.34. The number of nitrogens with zero attached hydrogens (tertiary/aromatic N) is 3. The van der Waals surface area contributed by atoms with Crippen LogP contribution in [-0.2, 0) is 6.54 Å². The quantitative estimate of drug-likeness (QED) is 0.677. The van der Waals surface area contributed by atoms with Crippen molar-refractivity contribution in [2.45, 2.75) is 25.7 Å². The molecule has 0 spiro atoms. The number of hydrogen-bond acceptors (Lipinski definition) is 4. The number of nitro groups is 1. The lowest BCUT2D eigenvalue weighted by Crippen LogP contribution is -2.17. The molecule has 0 aliphatic carbocycles. The number of non-ortho nitro benzene ring substituents is 1. The van der Waals surface area contributed by atoms with E-state index in [-0.39, 0.29) is 11.7 Å². The zero-order valence-corrected chi connectivity index (χ0v) is 11.5. The van der Waals surface area contributed by atoms with Gasteiger partial charge in [-0.2, -0.15) is 18.3 Å². The number of aromatic nitrogens is 2. The fourth-order valence-electron chi connectivity index (χ4n) is 1.95. The molecular weight excluding hydrogens is 301 g/mol. The Hall–Kier alpha value is -2.58. The summed E-state index contributed by atoms with van der Waals surface area (Å²) < 4.78 is 37.5. The lowest BCUT2D eigenvalue weighted by atomic mass is 10.1. The Balaban J connectivity index is 2.07. The average molecular weight is 314 g/mol. The van der Waals surface area contributed by atoms with Crippen LogP contribution in [0.25, 0.3) is 0 Å². The fraction of sp³-hybridized carbons (Fsp3) is 0.308. The molecule has 0 amide bonds. The Kier molecular flexibility index (Phi) is 4.34. The summed E-state index contributed by atoms with van der Waals surface area (Å²) in [5.74, 6) is 0. The van der Waals surface area contributed by atoms with Crippen LogP contribution in [0, 0.1) is 10.1 Å². The Bertz CT molecular complexity index is 669. The number of nitro benzene ring substituents is 1. The van der Waals surface area contributed by atoms with Crippen LogP contribution >= 0.6 is 0 Å². The predicted molar refractivity (Wildman–Crippen MR) is 73.4 cm³/mol. The Morgan fingerprint density at radius 3 is 2.82 bits per heavy atom. The summed E-state index contributed by atoms with van der Waals surface area (Å²) >= 11 is 0. The van der Waals surface area contributed by atoms with E-state index < -0.39 is 17.6 Å². The van der Waals surface area contributed by atoms with E-state index in [0.29, 0.717) is 11.3 Å². The molecule has 2 aromatic rings. The number of alkyl halides is 3. The van der Waals surface area contributed by atoms with Crippen LogP contribution in [-0.4, -0.2) is 20.9 Å². The molecule has 0 bridgehead atoms. The topological polar surface area (TPSA) is 73.0 Å². The van der Waals surface area contributed by atoms with Gasteiger partial charge in [0.15, 0.2) is 0 Å². The summed E-state index contributed by atoms with van der Waals surface area (Å²) in [5, 5.41) is 17.3. The molecule has 6 nitrogen and oxygen atoms in total. The molecule has 0 aliphatic rings. The van der Waals surface area contributed by atoms with E-state index in [2.05, 4.69) is 10.4 Å². The van der Waals surface area contributed by atoms with E-state index in [4.69, 9.17) is 0 Å². The van der Waals surface area contributed by atoms with E-state index in [1.54, 1.807) is 19.1 Å². The van der Waals surface area contributed by atoms with Gasteiger partial charge >= 0.3 is 6.18 Å². The monoisotopic (exact) mass is 314 g/mol. The van der Waals surface area contributed by atoms with Crippen LogP contribution in [0.15, 0.2) is 36.7 Å². The fourth-order valence-corrected chi connectivity index (χ4v) is 1.95. The van der Waals surface area contributed by atoms with Crippen molar-refractivity contribution in [1.82, 2.24) is 9.78 Å². The van der Waals surface area contributed by atoms with Crippen LogP contribution < -0.4 is 5.32 Å². The Labute approximate surface area is 123 Å². The number of nitrogens with one attached hydrogen (secondary N) is 1. The number of hydrogen-bond donors (Lipinski definition) is 1. The standard InChI is InChI=1S/C13H13F3N4O2/c1-9(10-3-2-4-12(5-10)20(21)22)18-11-6-17-19(7-11)8-13(14,15)16/h2-7,9,18H,8H2,1H3. The maximum atomic E-state index is 12.3. The first-order valence-corrected chi connectivity index (χ1v) is 6.35. The summed E-state index contributed by atoms with van der Waals surface area (Å²) in [6, 6.07) is 5.72. The van der Waals surface area contributed by atoms with Crippen molar-refractivity contribution in [2.24, 2.45) is 0 Å². The molecule has 1 unspecified atom stereocenters. The van der Waals surface area contributed by atoms with Gasteiger partial charge in [-0.25, -0.2) is 0 Å². The second-order valence-electron chi connectivity index (χ2n) is 4.76. The molecule has 0 saturated heterocycles. The molecule has 1 atom stereocenters. The minimum Gasteiger partial charge on any atom is -0.376 e. The van der Waals surface area contributed by atoms with Gasteiger partial charge in [0.05, 0.1) is 16.8 Å². The Morgan fingerprint density at radius 2 is 2.18 bits per heavy atom. The van der Waals surface area contributed by atoms with Crippen molar-refractivity contribution in [3.8, 4) is 0 Å². The van der Waals surface area contributed by atoms with Gasteiger partial charge in [-0.05, 0) is 12.5 Å². The molecule has 2 rings (SSSR count). The highest BCUT2D eigenvalue weighted by molar-refractivity contribution is 5.43. The van der Waals surface area contributed by atoms with Crippen LogP contribution in [0.1, 0.15) is 18.5 Å². The van der Waals surface area contributed by atoms with Gasteiger partial charge in [0, 0.05) is 24.4 Å². The van der Waals surface area contributed by atoms with E-state index in [1.807, 2.05) is 0 Å². The normalized spacial score (nSPS) is 12.9. The molecule has 0 saturated carbocycles. The highest BCUT2D eigenvalue weighted by Gasteiger charge is 2.28. The number of halogens is 3. The average Bonchev–Trinajstić information content (AvgIpc) is 2.83. The first-order chi connectivity index (χ1) is 10.2. The molecule has 0 aliphatic heterocycles. The predicted octanol–water partition coefficient (Wildman–Crippen LogP) is 3.53. The first kappa shape index (κ1) is 15.8. The molecule has 22 heavy (non-hydrogen) atoms. The van der Waals surface area contributed by atoms with Crippen LogP contribution in [0.4, 0.5) is 24.5 Å².